The molecule has 0 saturated carbocycles. The van der Waals surface area contributed by atoms with Gasteiger partial charge in [-0.15, -0.1) is 11.3 Å². The number of fused-ring (bicyclic) bond motifs is 9. The fourth-order valence-electron chi connectivity index (χ4n) is 8.28. The van der Waals surface area contributed by atoms with Crippen LogP contribution in [0.5, 0.6) is 0 Å². The lowest BCUT2D eigenvalue weighted by atomic mass is 9.93. The van der Waals surface area contributed by atoms with Gasteiger partial charge in [-0.25, -0.2) is 15.0 Å². The molecule has 12 aromatic rings. The molecule has 12 rings (SSSR count). The zero-order valence-electron chi connectivity index (χ0n) is 30.3. The van der Waals surface area contributed by atoms with E-state index in [-0.39, 0.29) is 0 Å². The van der Waals surface area contributed by atoms with E-state index in [1.165, 1.54) is 20.2 Å². The number of aromatic nitrogens is 3. The molecule has 4 heterocycles. The molecule has 266 valence electrons. The first-order valence-corrected chi connectivity index (χ1v) is 19.7. The Morgan fingerprint density at radius 3 is 1.81 bits per heavy atom. The van der Waals surface area contributed by atoms with Crippen LogP contribution in [-0.2, 0) is 0 Å². The van der Waals surface area contributed by atoms with Crippen LogP contribution in [0.25, 0.3) is 120 Å². The van der Waals surface area contributed by atoms with Crippen LogP contribution in [0.2, 0.25) is 0 Å². The van der Waals surface area contributed by atoms with Gasteiger partial charge >= 0.3 is 0 Å². The molecule has 5 nitrogen and oxygen atoms in total. The molecule has 0 N–H and O–H groups in total. The fourth-order valence-corrected chi connectivity index (χ4v) is 9.50. The molecule has 0 radical (unpaired) electrons. The molecule has 0 aliphatic heterocycles. The van der Waals surface area contributed by atoms with E-state index < -0.39 is 0 Å². The van der Waals surface area contributed by atoms with Crippen molar-refractivity contribution in [2.45, 2.75) is 0 Å². The van der Waals surface area contributed by atoms with Gasteiger partial charge in [0.25, 0.3) is 0 Å². The van der Waals surface area contributed by atoms with E-state index in [2.05, 4.69) is 97.1 Å². The van der Waals surface area contributed by atoms with Gasteiger partial charge in [-0.2, -0.15) is 0 Å². The maximum Gasteiger partial charge on any atom is 0.167 e. The van der Waals surface area contributed by atoms with Crippen LogP contribution in [0, 0.1) is 0 Å². The number of furan rings is 2. The van der Waals surface area contributed by atoms with E-state index >= 15 is 0 Å². The molecule has 8 aromatic carbocycles. The first-order valence-electron chi connectivity index (χ1n) is 18.9. The number of rotatable bonds is 5. The summed E-state index contributed by atoms with van der Waals surface area (Å²) in [6.45, 7) is 0. The second-order valence-corrected chi connectivity index (χ2v) is 15.4. The molecule has 6 heteroatoms. The first-order chi connectivity index (χ1) is 28.2. The number of thiophene rings is 1. The Kier molecular flexibility index (Phi) is 7.03. The van der Waals surface area contributed by atoms with Crippen molar-refractivity contribution >= 4 is 75.4 Å². The molecule has 0 unspecified atom stereocenters. The molecular weight excluding hydrogens is 719 g/mol. The average molecular weight is 748 g/mol. The maximum atomic E-state index is 6.86. The minimum absolute atomic E-state index is 0.563. The third-order valence-electron chi connectivity index (χ3n) is 10.9. The quantitative estimate of drug-likeness (QED) is 0.175. The second kappa shape index (κ2) is 12.6. The summed E-state index contributed by atoms with van der Waals surface area (Å²) in [4.78, 5) is 15.0. The summed E-state index contributed by atoms with van der Waals surface area (Å²) in [5, 5.41) is 6.78. The number of hydrogen-bond acceptors (Lipinski definition) is 6. The zero-order valence-corrected chi connectivity index (χ0v) is 31.1. The Balaban J connectivity index is 1.06. The van der Waals surface area contributed by atoms with E-state index in [0.29, 0.717) is 17.5 Å². The van der Waals surface area contributed by atoms with Gasteiger partial charge in [-0.3, -0.25) is 0 Å². The Hall–Kier alpha value is -7.41. The summed E-state index contributed by atoms with van der Waals surface area (Å²) in [5.74, 6) is 1.79. The lowest BCUT2D eigenvalue weighted by molar-refractivity contribution is 0.669. The highest BCUT2D eigenvalue weighted by Gasteiger charge is 2.21. The van der Waals surface area contributed by atoms with Crippen LogP contribution in [-0.4, -0.2) is 15.0 Å². The smallest absolute Gasteiger partial charge is 0.167 e. The molecule has 0 atom stereocenters. The lowest BCUT2D eigenvalue weighted by Gasteiger charge is -2.10. The van der Waals surface area contributed by atoms with Gasteiger partial charge in [0.15, 0.2) is 17.5 Å². The van der Waals surface area contributed by atoms with Gasteiger partial charge in [0, 0.05) is 58.4 Å². The highest BCUT2D eigenvalue weighted by Crippen LogP contribution is 2.46. The van der Waals surface area contributed by atoms with Gasteiger partial charge < -0.3 is 8.83 Å². The van der Waals surface area contributed by atoms with E-state index in [0.717, 1.165) is 82.8 Å². The SMILES string of the molecule is c1ccc(-c2nc(-c3ccccc3)nc(-c3cccc4c3oc3cc(-c5cc(-c6cccc7oc8ccccc8c67)cc6c5sc5ccccc56)ccc34)n2)cc1. The van der Waals surface area contributed by atoms with Crippen molar-refractivity contribution in [1.29, 1.82) is 0 Å². The topological polar surface area (TPSA) is 65.0 Å². The number of benzene rings is 8. The van der Waals surface area contributed by atoms with Crippen LogP contribution < -0.4 is 0 Å². The highest BCUT2D eigenvalue weighted by molar-refractivity contribution is 7.26. The van der Waals surface area contributed by atoms with Crippen molar-refractivity contribution in [3.05, 3.63) is 176 Å². The van der Waals surface area contributed by atoms with Crippen molar-refractivity contribution in [1.82, 2.24) is 15.0 Å². The van der Waals surface area contributed by atoms with Gasteiger partial charge in [0.05, 0.1) is 5.56 Å². The fraction of sp³-hybridized carbons (Fsp3) is 0. The summed E-state index contributed by atoms with van der Waals surface area (Å²) >= 11 is 1.83. The van der Waals surface area contributed by atoms with Crippen LogP contribution in [0.3, 0.4) is 0 Å². The second-order valence-electron chi connectivity index (χ2n) is 14.3. The standard InChI is InChI=1S/C51H29N3O2S/c1-3-13-30(14-4-1)49-52-50(31-15-5-2-6-16-31)54-51(53-49)39-21-11-20-37-35-26-25-32(29-44(35)56-47(37)39)40-27-33(28-41-36-17-8-10-24-45(36)57-48(40)41)34-19-12-23-43-46(34)38-18-7-9-22-42(38)55-43/h1-29H. The van der Waals surface area contributed by atoms with Crippen LogP contribution >= 0.6 is 11.3 Å². The Morgan fingerprint density at radius 1 is 0.351 bits per heavy atom. The van der Waals surface area contributed by atoms with Gasteiger partial charge in [-0.05, 0) is 65.2 Å². The van der Waals surface area contributed by atoms with Gasteiger partial charge in [-0.1, -0.05) is 127 Å². The summed E-state index contributed by atoms with van der Waals surface area (Å²) in [6.07, 6.45) is 0. The minimum atomic E-state index is 0.563. The third kappa shape index (κ3) is 5.12. The van der Waals surface area contributed by atoms with Crippen molar-refractivity contribution < 1.29 is 8.83 Å². The van der Waals surface area contributed by atoms with Crippen LogP contribution in [0.1, 0.15) is 0 Å². The van der Waals surface area contributed by atoms with Crippen molar-refractivity contribution in [3.63, 3.8) is 0 Å². The van der Waals surface area contributed by atoms with Crippen molar-refractivity contribution in [2.24, 2.45) is 0 Å². The summed E-state index contributed by atoms with van der Waals surface area (Å²) in [6, 6.07) is 60.9. The van der Waals surface area contributed by atoms with E-state index in [1.54, 1.807) is 0 Å². The summed E-state index contributed by atoms with van der Waals surface area (Å²) < 4.78 is 15.7. The third-order valence-corrected chi connectivity index (χ3v) is 12.2. The summed E-state index contributed by atoms with van der Waals surface area (Å²) in [5.41, 5.74) is 10.5. The van der Waals surface area contributed by atoms with Gasteiger partial charge in [0.2, 0.25) is 0 Å². The predicted molar refractivity (Wildman–Crippen MR) is 234 cm³/mol. The molecule has 0 amide bonds. The number of nitrogens with zero attached hydrogens (tertiary/aromatic N) is 3. The molecule has 0 aliphatic rings. The normalized spacial score (nSPS) is 11.9. The largest absolute Gasteiger partial charge is 0.456 e. The Morgan fingerprint density at radius 2 is 1.00 bits per heavy atom. The van der Waals surface area contributed by atoms with E-state index in [1.807, 2.05) is 90.2 Å². The summed E-state index contributed by atoms with van der Waals surface area (Å²) in [7, 11) is 0. The molecule has 0 fully saturated rings. The lowest BCUT2D eigenvalue weighted by Crippen LogP contribution is -2.00. The van der Waals surface area contributed by atoms with Gasteiger partial charge in [0.1, 0.15) is 22.3 Å². The first kappa shape index (κ1) is 31.9. The van der Waals surface area contributed by atoms with E-state index in [9.17, 15) is 0 Å². The highest BCUT2D eigenvalue weighted by atomic mass is 32.1. The molecule has 0 saturated heterocycles. The minimum Gasteiger partial charge on any atom is -0.456 e. The molecule has 0 aliphatic carbocycles. The maximum absolute atomic E-state index is 6.86. The van der Waals surface area contributed by atoms with Crippen LogP contribution in [0.4, 0.5) is 0 Å². The number of para-hydroxylation sites is 2. The van der Waals surface area contributed by atoms with E-state index in [4.69, 9.17) is 23.8 Å². The molecule has 4 aromatic heterocycles. The van der Waals surface area contributed by atoms with Crippen molar-refractivity contribution in [3.8, 4) is 56.4 Å². The zero-order chi connectivity index (χ0) is 37.5. The molecular formula is C51H29N3O2S. The Bertz CT molecular complexity index is 3470. The monoisotopic (exact) mass is 747 g/mol. The van der Waals surface area contributed by atoms with Crippen LogP contribution in [0.15, 0.2) is 185 Å². The predicted octanol–water partition coefficient (Wildman–Crippen LogP) is 14.4. The molecule has 0 bridgehead atoms. The van der Waals surface area contributed by atoms with Crippen molar-refractivity contribution in [2.75, 3.05) is 0 Å². The average Bonchev–Trinajstić information content (AvgIpc) is 3.97. The molecule has 0 spiro atoms. The number of hydrogen-bond donors (Lipinski definition) is 0. The molecule has 57 heavy (non-hydrogen) atoms. The Labute approximate surface area is 330 Å².